The lowest BCUT2D eigenvalue weighted by atomic mass is 10.00. The van der Waals surface area contributed by atoms with Crippen molar-refractivity contribution in [3.8, 4) is 17.0 Å². The molecule has 2 N–H and O–H groups in total. The Morgan fingerprint density at radius 1 is 1.17 bits per heavy atom. The zero-order chi connectivity index (χ0) is 20.9. The van der Waals surface area contributed by atoms with Crippen molar-refractivity contribution in [1.29, 1.82) is 0 Å². The van der Waals surface area contributed by atoms with Gasteiger partial charge in [0.05, 0.1) is 13.2 Å². The molecule has 2 aromatic carbocycles. The average molecular weight is 406 g/mol. The summed E-state index contributed by atoms with van der Waals surface area (Å²) in [6, 6.07) is 15.2. The van der Waals surface area contributed by atoms with E-state index in [4.69, 9.17) is 4.74 Å². The van der Waals surface area contributed by atoms with Crippen LogP contribution in [0.4, 0.5) is 4.39 Å². The molecule has 0 bridgehead atoms. The highest BCUT2D eigenvalue weighted by Gasteiger charge is 2.24. The van der Waals surface area contributed by atoms with Crippen molar-refractivity contribution >= 4 is 5.91 Å². The summed E-state index contributed by atoms with van der Waals surface area (Å²) in [5.74, 6) is 0.182. The van der Waals surface area contributed by atoms with E-state index < -0.39 is 0 Å². The van der Waals surface area contributed by atoms with Crippen molar-refractivity contribution < 1.29 is 19.0 Å². The van der Waals surface area contributed by atoms with Gasteiger partial charge in [-0.3, -0.25) is 4.79 Å². The number of nitrogens with one attached hydrogen (secondary N) is 1. The smallest absolute Gasteiger partial charge is 0.257 e. The molecule has 154 valence electrons. The molecule has 5 nitrogen and oxygen atoms in total. The van der Waals surface area contributed by atoms with Gasteiger partial charge in [-0.2, -0.15) is 0 Å². The van der Waals surface area contributed by atoms with Crippen molar-refractivity contribution in [1.82, 2.24) is 10.3 Å². The monoisotopic (exact) mass is 406 g/mol. The fraction of sp³-hybridized carbons (Fsp3) is 0.250. The Balaban J connectivity index is 1.59. The summed E-state index contributed by atoms with van der Waals surface area (Å²) in [7, 11) is 0. The fourth-order valence-electron chi connectivity index (χ4n) is 3.18. The molecule has 30 heavy (non-hydrogen) atoms. The second-order valence-corrected chi connectivity index (χ2v) is 7.46. The Kier molecular flexibility index (Phi) is 6.05. The number of ether oxygens (including phenoxy) is 1. The second kappa shape index (κ2) is 9.05. The number of hydrogen-bond donors (Lipinski definition) is 2. The molecule has 0 radical (unpaired) electrons. The van der Waals surface area contributed by atoms with Gasteiger partial charge in [-0.1, -0.05) is 36.4 Å². The number of aliphatic hydroxyl groups excluding tert-OH is 1. The van der Waals surface area contributed by atoms with Crippen LogP contribution in [0.15, 0.2) is 60.8 Å². The van der Waals surface area contributed by atoms with Gasteiger partial charge < -0.3 is 15.2 Å². The molecule has 4 rings (SSSR count). The number of hydrogen-bond acceptors (Lipinski definition) is 4. The van der Waals surface area contributed by atoms with E-state index in [1.54, 1.807) is 24.4 Å². The molecule has 0 aliphatic heterocycles. The van der Waals surface area contributed by atoms with Crippen LogP contribution in [0, 0.1) is 11.7 Å². The van der Waals surface area contributed by atoms with E-state index in [9.17, 15) is 14.3 Å². The minimum Gasteiger partial charge on any atom is -0.477 e. The van der Waals surface area contributed by atoms with E-state index in [0.717, 1.165) is 35.1 Å². The van der Waals surface area contributed by atoms with Crippen LogP contribution < -0.4 is 10.1 Å². The predicted molar refractivity (Wildman–Crippen MR) is 111 cm³/mol. The molecule has 6 heteroatoms. The molecule has 1 aliphatic rings. The number of carbonyl (C=O) groups excluding carboxylic acids is 1. The third kappa shape index (κ3) is 4.83. The van der Waals surface area contributed by atoms with E-state index in [2.05, 4.69) is 10.3 Å². The summed E-state index contributed by atoms with van der Waals surface area (Å²) in [5.41, 5.74) is 3.42. The maximum Gasteiger partial charge on any atom is 0.257 e. The van der Waals surface area contributed by atoms with Crippen LogP contribution >= 0.6 is 0 Å². The van der Waals surface area contributed by atoms with Crippen molar-refractivity contribution in [3.63, 3.8) is 0 Å². The Hall–Kier alpha value is -3.25. The van der Waals surface area contributed by atoms with Gasteiger partial charge in [0.25, 0.3) is 5.91 Å². The van der Waals surface area contributed by atoms with Gasteiger partial charge in [-0.25, -0.2) is 9.37 Å². The molecular weight excluding hydrogens is 383 g/mol. The molecule has 1 amide bonds. The first-order valence-electron chi connectivity index (χ1n) is 9.98. The van der Waals surface area contributed by atoms with Crippen molar-refractivity contribution in [2.24, 2.45) is 5.92 Å². The number of rotatable bonds is 8. The molecule has 0 spiro atoms. The first-order valence-corrected chi connectivity index (χ1v) is 9.98. The molecule has 1 saturated carbocycles. The summed E-state index contributed by atoms with van der Waals surface area (Å²) in [6.07, 6.45) is 3.93. The second-order valence-electron chi connectivity index (χ2n) is 7.46. The summed E-state index contributed by atoms with van der Waals surface area (Å²) >= 11 is 0. The Morgan fingerprint density at radius 3 is 2.67 bits per heavy atom. The summed E-state index contributed by atoms with van der Waals surface area (Å²) < 4.78 is 18.9. The van der Waals surface area contributed by atoms with Gasteiger partial charge >= 0.3 is 0 Å². The van der Waals surface area contributed by atoms with Gasteiger partial charge in [0, 0.05) is 18.3 Å². The van der Waals surface area contributed by atoms with E-state index in [1.165, 1.54) is 12.1 Å². The number of carbonyl (C=O) groups is 1. The predicted octanol–water partition coefficient (Wildman–Crippen LogP) is 4.10. The number of aromatic nitrogens is 1. The molecule has 1 aliphatic carbocycles. The minimum atomic E-state index is -0.319. The first kappa shape index (κ1) is 20.0. The number of benzene rings is 2. The zero-order valence-electron chi connectivity index (χ0n) is 16.5. The fourth-order valence-corrected chi connectivity index (χ4v) is 3.18. The summed E-state index contributed by atoms with van der Waals surface area (Å²) in [4.78, 5) is 17.4. The number of amides is 1. The molecule has 3 aromatic rings. The lowest BCUT2D eigenvalue weighted by Crippen LogP contribution is -2.24. The lowest BCUT2D eigenvalue weighted by Gasteiger charge is -2.14. The van der Waals surface area contributed by atoms with Crippen LogP contribution in [-0.2, 0) is 13.2 Å². The number of nitrogens with zero attached hydrogens (tertiary/aromatic N) is 1. The quantitative estimate of drug-likeness (QED) is 0.591. The topological polar surface area (TPSA) is 71.5 Å². The maximum atomic E-state index is 13.1. The van der Waals surface area contributed by atoms with Gasteiger partial charge in [-0.15, -0.1) is 0 Å². The summed E-state index contributed by atoms with van der Waals surface area (Å²) in [6.45, 7) is 0.693. The SMILES string of the molecule is O=C(NCc1ccc(F)cc1)c1cc(-c2ccccc2CO)cnc1OCC1CC1. The third-order valence-corrected chi connectivity index (χ3v) is 5.11. The molecule has 0 unspecified atom stereocenters. The molecular formula is C24H23FN2O3. The molecule has 0 saturated heterocycles. The molecule has 0 atom stereocenters. The largest absolute Gasteiger partial charge is 0.477 e. The van der Waals surface area contributed by atoms with Crippen molar-refractivity contribution in [2.75, 3.05) is 6.61 Å². The van der Waals surface area contributed by atoms with Crippen LogP contribution in [0.5, 0.6) is 5.88 Å². The van der Waals surface area contributed by atoms with Gasteiger partial charge in [0.2, 0.25) is 5.88 Å². The van der Waals surface area contributed by atoms with Crippen LogP contribution in [0.3, 0.4) is 0 Å². The van der Waals surface area contributed by atoms with Gasteiger partial charge in [0.1, 0.15) is 11.4 Å². The average Bonchev–Trinajstić information content (AvgIpc) is 3.61. The minimum absolute atomic E-state index is 0.109. The van der Waals surface area contributed by atoms with E-state index in [0.29, 0.717) is 24.0 Å². The Morgan fingerprint density at radius 2 is 1.93 bits per heavy atom. The van der Waals surface area contributed by atoms with Crippen molar-refractivity contribution in [2.45, 2.75) is 26.0 Å². The van der Waals surface area contributed by atoms with Gasteiger partial charge in [0.15, 0.2) is 0 Å². The number of pyridine rings is 1. The maximum absolute atomic E-state index is 13.1. The van der Waals surface area contributed by atoms with E-state index in [-0.39, 0.29) is 24.9 Å². The van der Waals surface area contributed by atoms with Crippen molar-refractivity contribution in [3.05, 3.63) is 83.3 Å². The van der Waals surface area contributed by atoms with E-state index in [1.807, 2.05) is 24.3 Å². The molecule has 1 aromatic heterocycles. The van der Waals surface area contributed by atoms with Crippen LogP contribution in [0.2, 0.25) is 0 Å². The normalized spacial score (nSPS) is 13.1. The number of halogens is 1. The highest BCUT2D eigenvalue weighted by Crippen LogP contribution is 2.31. The zero-order valence-corrected chi connectivity index (χ0v) is 16.5. The third-order valence-electron chi connectivity index (χ3n) is 5.11. The molecule has 1 heterocycles. The lowest BCUT2D eigenvalue weighted by molar-refractivity contribution is 0.0945. The van der Waals surface area contributed by atoms with Gasteiger partial charge in [-0.05, 0) is 53.6 Å². The first-order chi connectivity index (χ1) is 14.6. The molecule has 1 fully saturated rings. The standard InChI is InChI=1S/C24H23FN2O3/c25-20-9-7-16(8-10-20)12-26-23(29)22-11-19(21-4-2-1-3-18(21)14-28)13-27-24(22)30-15-17-5-6-17/h1-4,7-11,13,17,28H,5-6,12,14-15H2,(H,26,29). The summed E-state index contributed by atoms with van der Waals surface area (Å²) in [5, 5.41) is 12.5. The van der Waals surface area contributed by atoms with Crippen LogP contribution in [0.25, 0.3) is 11.1 Å². The highest BCUT2D eigenvalue weighted by atomic mass is 19.1. The van der Waals surface area contributed by atoms with Crippen LogP contribution in [-0.4, -0.2) is 22.6 Å². The van der Waals surface area contributed by atoms with E-state index >= 15 is 0 Å². The Labute approximate surface area is 174 Å². The van der Waals surface area contributed by atoms with Crippen LogP contribution in [0.1, 0.15) is 34.3 Å². The number of aliphatic hydroxyl groups is 1. The Bertz CT molecular complexity index is 1030. The highest BCUT2D eigenvalue weighted by molar-refractivity contribution is 5.97.